The van der Waals surface area contributed by atoms with Crippen LogP contribution in [0.25, 0.3) is 0 Å². The molecule has 0 fully saturated rings. The van der Waals surface area contributed by atoms with Crippen LogP contribution in [0.4, 0.5) is 5.69 Å². The van der Waals surface area contributed by atoms with Gasteiger partial charge in [0.2, 0.25) is 0 Å². The Labute approximate surface area is 101 Å². The highest BCUT2D eigenvalue weighted by Gasteiger charge is 2.16. The lowest BCUT2D eigenvalue weighted by Gasteiger charge is -2.28. The van der Waals surface area contributed by atoms with Gasteiger partial charge in [-0.3, -0.25) is 0 Å². The number of likely N-dealkylation sites (N-methyl/N-ethyl adjacent to an activating group) is 1. The fourth-order valence-corrected chi connectivity index (χ4v) is 1.94. The third-order valence-electron chi connectivity index (χ3n) is 2.29. The van der Waals surface area contributed by atoms with Crippen LogP contribution in [0.2, 0.25) is 0 Å². The molecular formula is C12H19BrN2. The van der Waals surface area contributed by atoms with Crippen LogP contribution in [0.5, 0.6) is 0 Å². The van der Waals surface area contributed by atoms with Gasteiger partial charge in [-0.25, -0.2) is 0 Å². The average Bonchev–Trinajstić information content (AvgIpc) is 2.10. The molecule has 0 aromatic heterocycles. The first-order valence-electron chi connectivity index (χ1n) is 5.13. The Hall–Kier alpha value is -0.540. The zero-order valence-corrected chi connectivity index (χ0v) is 11.4. The maximum atomic E-state index is 3.54. The number of hydrogen-bond donors (Lipinski definition) is 2. The molecule has 0 radical (unpaired) electrons. The Morgan fingerprint density at radius 2 is 2.00 bits per heavy atom. The van der Waals surface area contributed by atoms with Crippen molar-refractivity contribution in [3.8, 4) is 0 Å². The van der Waals surface area contributed by atoms with Gasteiger partial charge in [-0.2, -0.15) is 0 Å². The van der Waals surface area contributed by atoms with Crippen LogP contribution in [0.15, 0.2) is 22.7 Å². The molecule has 0 unspecified atom stereocenters. The summed E-state index contributed by atoms with van der Waals surface area (Å²) in [6, 6.07) is 6.29. The van der Waals surface area contributed by atoms with Gasteiger partial charge >= 0.3 is 0 Å². The van der Waals surface area contributed by atoms with E-state index in [-0.39, 0.29) is 5.54 Å². The van der Waals surface area contributed by atoms with Crippen molar-refractivity contribution >= 4 is 21.6 Å². The number of halogens is 1. The second-order valence-corrected chi connectivity index (χ2v) is 5.41. The molecule has 3 heteroatoms. The Morgan fingerprint density at radius 1 is 1.33 bits per heavy atom. The van der Waals surface area contributed by atoms with Crippen LogP contribution < -0.4 is 10.6 Å². The lowest BCUT2D eigenvalue weighted by atomic mass is 10.0. The molecule has 0 heterocycles. The summed E-state index contributed by atoms with van der Waals surface area (Å²) in [5.41, 5.74) is 2.51. The lowest BCUT2D eigenvalue weighted by molar-refractivity contribution is 0.530. The number of rotatable bonds is 4. The predicted octanol–water partition coefficient (Wildman–Crippen LogP) is 3.17. The predicted molar refractivity (Wildman–Crippen MR) is 70.5 cm³/mol. The van der Waals surface area contributed by atoms with Gasteiger partial charge in [-0.15, -0.1) is 0 Å². The van der Waals surface area contributed by atoms with E-state index in [9.17, 15) is 0 Å². The van der Waals surface area contributed by atoms with Crippen molar-refractivity contribution in [2.45, 2.75) is 26.3 Å². The number of hydrogen-bond acceptors (Lipinski definition) is 2. The van der Waals surface area contributed by atoms with Gasteiger partial charge in [-0.05, 0) is 45.5 Å². The summed E-state index contributed by atoms with van der Waals surface area (Å²) < 4.78 is 1.11. The summed E-state index contributed by atoms with van der Waals surface area (Å²) in [4.78, 5) is 0. The number of aryl methyl sites for hydroxylation is 1. The quantitative estimate of drug-likeness (QED) is 0.879. The van der Waals surface area contributed by atoms with Gasteiger partial charge in [-0.1, -0.05) is 22.0 Å². The monoisotopic (exact) mass is 270 g/mol. The second-order valence-electron chi connectivity index (χ2n) is 4.50. The molecule has 1 aromatic rings. The highest BCUT2D eigenvalue weighted by molar-refractivity contribution is 9.10. The van der Waals surface area contributed by atoms with Crippen LogP contribution in [0.3, 0.4) is 0 Å². The Bertz CT molecular complexity index is 334. The van der Waals surface area contributed by atoms with Gasteiger partial charge in [0.05, 0.1) is 0 Å². The molecule has 15 heavy (non-hydrogen) atoms. The third kappa shape index (κ3) is 3.84. The van der Waals surface area contributed by atoms with Gasteiger partial charge in [0.25, 0.3) is 0 Å². The molecule has 0 spiro atoms. The Morgan fingerprint density at radius 3 is 2.60 bits per heavy atom. The first-order valence-corrected chi connectivity index (χ1v) is 5.93. The summed E-state index contributed by atoms with van der Waals surface area (Å²) in [5, 5.41) is 6.72. The first kappa shape index (κ1) is 12.5. The molecule has 2 N–H and O–H groups in total. The van der Waals surface area contributed by atoms with E-state index in [1.807, 2.05) is 7.05 Å². The van der Waals surface area contributed by atoms with E-state index in [4.69, 9.17) is 0 Å². The maximum absolute atomic E-state index is 3.54. The van der Waals surface area contributed by atoms with E-state index < -0.39 is 0 Å². The maximum Gasteiger partial charge on any atom is 0.0441 e. The number of benzene rings is 1. The van der Waals surface area contributed by atoms with E-state index in [0.717, 1.165) is 11.0 Å². The standard InChI is InChI=1S/C12H19BrN2/c1-9-5-6-10(13)7-11(9)15-12(2,3)8-14-4/h5-7,14-15H,8H2,1-4H3. The molecule has 2 nitrogen and oxygen atoms in total. The molecule has 0 atom stereocenters. The zero-order chi connectivity index (χ0) is 11.5. The molecule has 0 saturated heterocycles. The van der Waals surface area contributed by atoms with Crippen LogP contribution >= 0.6 is 15.9 Å². The van der Waals surface area contributed by atoms with E-state index in [0.29, 0.717) is 0 Å². The minimum absolute atomic E-state index is 0.0559. The van der Waals surface area contributed by atoms with Crippen LogP contribution in [0, 0.1) is 6.92 Å². The lowest BCUT2D eigenvalue weighted by Crippen LogP contribution is -2.40. The zero-order valence-electron chi connectivity index (χ0n) is 9.82. The summed E-state index contributed by atoms with van der Waals surface area (Å²) in [7, 11) is 1.97. The van der Waals surface area contributed by atoms with Gasteiger partial charge in [0.1, 0.15) is 0 Å². The molecule has 0 aliphatic heterocycles. The summed E-state index contributed by atoms with van der Waals surface area (Å²) in [6.45, 7) is 7.41. The first-order chi connectivity index (χ1) is 6.94. The molecular weight excluding hydrogens is 252 g/mol. The van der Waals surface area contributed by atoms with E-state index in [2.05, 4.69) is 65.5 Å². The Balaban J connectivity index is 2.83. The second kappa shape index (κ2) is 4.99. The average molecular weight is 271 g/mol. The smallest absolute Gasteiger partial charge is 0.0441 e. The SMILES string of the molecule is CNCC(C)(C)Nc1cc(Br)ccc1C. The minimum Gasteiger partial charge on any atom is -0.379 e. The van der Waals surface area contributed by atoms with Gasteiger partial charge in [0.15, 0.2) is 0 Å². The fourth-order valence-electron chi connectivity index (χ4n) is 1.58. The minimum atomic E-state index is 0.0559. The molecule has 0 saturated carbocycles. The summed E-state index contributed by atoms with van der Waals surface area (Å²) >= 11 is 3.49. The summed E-state index contributed by atoms with van der Waals surface area (Å²) in [6.07, 6.45) is 0. The largest absolute Gasteiger partial charge is 0.379 e. The molecule has 84 valence electrons. The van der Waals surface area contributed by atoms with Crippen LogP contribution in [0.1, 0.15) is 19.4 Å². The Kier molecular flexibility index (Phi) is 4.17. The highest BCUT2D eigenvalue weighted by atomic mass is 79.9. The van der Waals surface area contributed by atoms with Crippen molar-refractivity contribution < 1.29 is 0 Å². The van der Waals surface area contributed by atoms with Crippen molar-refractivity contribution in [3.05, 3.63) is 28.2 Å². The van der Waals surface area contributed by atoms with E-state index in [1.54, 1.807) is 0 Å². The molecule has 0 amide bonds. The highest BCUT2D eigenvalue weighted by Crippen LogP contribution is 2.23. The molecule has 0 bridgehead atoms. The van der Waals surface area contributed by atoms with Crippen molar-refractivity contribution in [2.75, 3.05) is 18.9 Å². The van der Waals surface area contributed by atoms with Crippen molar-refractivity contribution in [2.24, 2.45) is 0 Å². The van der Waals surface area contributed by atoms with Crippen molar-refractivity contribution in [1.29, 1.82) is 0 Å². The molecule has 1 rings (SSSR count). The van der Waals surface area contributed by atoms with Crippen LogP contribution in [-0.2, 0) is 0 Å². The normalized spacial score (nSPS) is 11.5. The fraction of sp³-hybridized carbons (Fsp3) is 0.500. The van der Waals surface area contributed by atoms with Gasteiger partial charge < -0.3 is 10.6 Å². The number of anilines is 1. The van der Waals surface area contributed by atoms with E-state index in [1.165, 1.54) is 11.3 Å². The molecule has 0 aliphatic rings. The topological polar surface area (TPSA) is 24.1 Å². The van der Waals surface area contributed by atoms with Gasteiger partial charge in [0, 0.05) is 22.2 Å². The van der Waals surface area contributed by atoms with E-state index >= 15 is 0 Å². The van der Waals surface area contributed by atoms with Crippen molar-refractivity contribution in [3.63, 3.8) is 0 Å². The molecule has 0 aliphatic carbocycles. The van der Waals surface area contributed by atoms with Crippen LogP contribution in [-0.4, -0.2) is 19.1 Å². The van der Waals surface area contributed by atoms with Crippen molar-refractivity contribution in [1.82, 2.24) is 5.32 Å². The third-order valence-corrected chi connectivity index (χ3v) is 2.78. The number of nitrogens with one attached hydrogen (secondary N) is 2. The summed E-state index contributed by atoms with van der Waals surface area (Å²) in [5.74, 6) is 0. The molecule has 1 aromatic carbocycles.